The molecule has 0 radical (unpaired) electrons. The predicted molar refractivity (Wildman–Crippen MR) is 19.0 cm³/mol. The Kier molecular flexibility index (Phi) is 25.2. The van der Waals surface area contributed by atoms with Crippen LogP contribution in [0.5, 0.6) is 0 Å². The minimum atomic E-state index is -4.64. The first-order valence-corrected chi connectivity index (χ1v) is 2.35. The van der Waals surface area contributed by atoms with Gasteiger partial charge in [-0.15, -0.1) is 0 Å². The van der Waals surface area contributed by atoms with Crippen molar-refractivity contribution < 1.29 is 81.9 Å². The van der Waals surface area contributed by atoms with Crippen molar-refractivity contribution >= 4 is 7.82 Å². The Bertz CT molecular complexity index is 63.1. The van der Waals surface area contributed by atoms with E-state index in [0.717, 1.165) is 0 Å². The molecule has 0 amide bonds. The summed E-state index contributed by atoms with van der Waals surface area (Å²) in [6, 6.07) is 0. The van der Waals surface area contributed by atoms with Crippen LogP contribution in [0.3, 0.4) is 0 Å². The Morgan fingerprint density at radius 2 is 1.25 bits per heavy atom. The molecule has 8 heavy (non-hydrogen) atoms. The molecule has 0 aliphatic carbocycles. The molecule has 8 heteroatoms. The van der Waals surface area contributed by atoms with Gasteiger partial charge >= 0.3 is 37.4 Å². The van der Waals surface area contributed by atoms with Crippen molar-refractivity contribution in [1.29, 1.82) is 0 Å². The van der Waals surface area contributed by atoms with Crippen LogP contribution in [-0.4, -0.2) is 20.2 Å². The maximum Gasteiger partial charge on any atom is 1.00 e. The van der Waals surface area contributed by atoms with Gasteiger partial charge in [0.2, 0.25) is 0 Å². The van der Waals surface area contributed by atoms with Gasteiger partial charge in [-0.3, -0.25) is 0 Å². The van der Waals surface area contributed by atoms with Gasteiger partial charge in [0, 0.05) is 26.2 Å². The van der Waals surface area contributed by atoms with E-state index in [0.29, 0.717) is 0 Å². The average Bonchev–Trinajstić information content (AvgIpc) is 0.722. The van der Waals surface area contributed by atoms with Crippen LogP contribution in [0.4, 0.5) is 0 Å². The van der Waals surface area contributed by atoms with Crippen LogP contribution in [0.15, 0.2) is 0 Å². The Morgan fingerprint density at radius 3 is 1.25 bits per heavy atom. The summed E-state index contributed by atoms with van der Waals surface area (Å²) in [7, 11) is -4.64. The predicted octanol–water partition coefficient (Wildman–Crippen LogP) is -4.64. The minimum absolute atomic E-state index is 0. The summed E-state index contributed by atoms with van der Waals surface area (Å²) in [6.45, 7) is 0. The molecule has 0 aromatic carbocycles. The molecule has 5 N–H and O–H groups in total. The molecule has 0 atom stereocenters. The van der Waals surface area contributed by atoms with Gasteiger partial charge in [-0.05, 0) is 0 Å². The van der Waals surface area contributed by atoms with Crippen molar-refractivity contribution in [3.05, 3.63) is 0 Å². The molecule has 0 aromatic heterocycles. The number of rotatable bonds is 0. The van der Waals surface area contributed by atoms with Gasteiger partial charge in [-0.1, -0.05) is 0 Å². The van der Waals surface area contributed by atoms with Gasteiger partial charge in [0.15, 0.2) is 0 Å². The molecule has 0 spiro atoms. The van der Waals surface area contributed by atoms with E-state index in [1.165, 1.54) is 0 Å². The van der Waals surface area contributed by atoms with E-state index in [-0.39, 0.29) is 62.7 Å². The zero-order valence-electron chi connectivity index (χ0n) is 5.20. The smallest absolute Gasteiger partial charge is 1.00 e. The quantitative estimate of drug-likeness (QED) is 0.288. The molecule has 0 heterocycles. The Morgan fingerprint density at radius 1 is 1.25 bits per heavy atom. The molecule has 0 aliphatic rings. The molecule has 0 fully saturated rings. The van der Waals surface area contributed by atoms with E-state index >= 15 is 0 Å². The summed E-state index contributed by atoms with van der Waals surface area (Å²) in [6.07, 6.45) is 0. The van der Waals surface area contributed by atoms with Crippen LogP contribution in [0, 0.1) is 0 Å². The van der Waals surface area contributed by atoms with E-state index in [9.17, 15) is 0 Å². The average molecular weight is 231 g/mol. The first kappa shape index (κ1) is 22.5. The van der Waals surface area contributed by atoms with Gasteiger partial charge < -0.3 is 21.6 Å². The SMILES string of the molecule is O.O=P(O)(O)O.[H-].[Na+].[Zr]. The molecule has 46 valence electrons. The summed E-state index contributed by atoms with van der Waals surface area (Å²) >= 11 is 0. The molecule has 0 aliphatic heterocycles. The zero-order valence-corrected chi connectivity index (χ0v) is 9.55. The third-order valence-electron chi connectivity index (χ3n) is 0. The Hall–Kier alpha value is 1.95. The van der Waals surface area contributed by atoms with Crippen molar-refractivity contribution in [3.8, 4) is 0 Å². The fraction of sp³-hybridized carbons (Fsp3) is 0. The third kappa shape index (κ3) is 101. The van der Waals surface area contributed by atoms with Crippen molar-refractivity contribution in [2.24, 2.45) is 0 Å². The summed E-state index contributed by atoms with van der Waals surface area (Å²) in [4.78, 5) is 21.6. The monoisotopic (exact) mass is 230 g/mol. The molecule has 0 unspecified atom stereocenters. The van der Waals surface area contributed by atoms with Gasteiger partial charge in [-0.25, -0.2) is 4.57 Å². The fourth-order valence-corrected chi connectivity index (χ4v) is 0. The molecule has 0 saturated carbocycles. The van der Waals surface area contributed by atoms with E-state index in [1.807, 2.05) is 0 Å². The van der Waals surface area contributed by atoms with Crippen molar-refractivity contribution in [2.75, 3.05) is 0 Å². The van der Waals surface area contributed by atoms with E-state index < -0.39 is 7.82 Å². The van der Waals surface area contributed by atoms with Crippen LogP contribution >= 0.6 is 7.82 Å². The number of hydrogen-bond donors (Lipinski definition) is 3. The van der Waals surface area contributed by atoms with E-state index in [2.05, 4.69) is 0 Å². The topological polar surface area (TPSA) is 109 Å². The number of phosphoric acid groups is 1. The van der Waals surface area contributed by atoms with Crippen LogP contribution < -0.4 is 29.6 Å². The molecule has 0 saturated heterocycles. The van der Waals surface area contributed by atoms with E-state index in [4.69, 9.17) is 19.2 Å². The van der Waals surface area contributed by atoms with Crippen LogP contribution in [-0.2, 0) is 30.8 Å². The molecule has 0 bridgehead atoms. The Balaban J connectivity index is -0.0000000133. The summed E-state index contributed by atoms with van der Waals surface area (Å²) in [5.74, 6) is 0. The summed E-state index contributed by atoms with van der Waals surface area (Å²) in [5, 5.41) is 0. The number of hydrogen-bond acceptors (Lipinski definition) is 1. The van der Waals surface area contributed by atoms with E-state index in [1.54, 1.807) is 0 Å². The first-order chi connectivity index (χ1) is 2.00. The van der Waals surface area contributed by atoms with Gasteiger partial charge in [0.1, 0.15) is 0 Å². The minimum Gasteiger partial charge on any atom is -1.00 e. The summed E-state index contributed by atoms with van der Waals surface area (Å²) < 4.78 is 8.88. The summed E-state index contributed by atoms with van der Waals surface area (Å²) in [5.41, 5.74) is 0. The van der Waals surface area contributed by atoms with Crippen molar-refractivity contribution in [2.45, 2.75) is 0 Å². The standard InChI is InChI=1S/Na.H3O4P.H2O.Zr.H/c;1-5(2,3)4;;;/h;(H3,1,2,3,4);1H2;;/q+1;;;;-1. The molecule has 5 nitrogen and oxygen atoms in total. The van der Waals surface area contributed by atoms with Gasteiger partial charge in [0.05, 0.1) is 0 Å². The normalized spacial score (nSPS) is 7.38. The maximum atomic E-state index is 8.88. The van der Waals surface area contributed by atoms with Gasteiger partial charge in [0.25, 0.3) is 0 Å². The fourth-order valence-electron chi connectivity index (χ4n) is 0. The molecule has 0 aromatic rings. The molecular weight excluding hydrogens is 225 g/mol. The third-order valence-corrected chi connectivity index (χ3v) is 0. The largest absolute Gasteiger partial charge is 1.00 e. The van der Waals surface area contributed by atoms with Crippen LogP contribution in [0.2, 0.25) is 0 Å². The molecule has 0 rings (SSSR count). The second-order valence-electron chi connectivity index (χ2n) is 0.513. The van der Waals surface area contributed by atoms with Crippen molar-refractivity contribution in [1.82, 2.24) is 0 Å². The zero-order chi connectivity index (χ0) is 4.50. The molecular formula is H6NaO5PZr. The van der Waals surface area contributed by atoms with Crippen molar-refractivity contribution in [3.63, 3.8) is 0 Å². The second-order valence-corrected chi connectivity index (χ2v) is 1.54. The maximum absolute atomic E-state index is 8.88. The van der Waals surface area contributed by atoms with Crippen LogP contribution in [0.1, 0.15) is 1.43 Å². The Labute approximate surface area is 88.9 Å². The van der Waals surface area contributed by atoms with Gasteiger partial charge in [-0.2, -0.15) is 0 Å². The first-order valence-electron chi connectivity index (χ1n) is 0.783. The van der Waals surface area contributed by atoms with Crippen LogP contribution in [0.25, 0.3) is 0 Å². The second kappa shape index (κ2) is 8.95.